The fraction of sp³-hybridized carbons (Fsp3) is 0.565. The Morgan fingerprint density at radius 1 is 1.36 bits per heavy atom. The highest BCUT2D eigenvalue weighted by molar-refractivity contribution is 5.76. The molecule has 1 aliphatic heterocycles. The van der Waals surface area contributed by atoms with Gasteiger partial charge in [0.25, 0.3) is 0 Å². The van der Waals surface area contributed by atoms with Crippen molar-refractivity contribution in [2.45, 2.75) is 52.0 Å². The molecule has 1 aromatic heterocycles. The summed E-state index contributed by atoms with van der Waals surface area (Å²) in [5, 5.41) is 17.9. The first-order chi connectivity index (χ1) is 15.9. The summed E-state index contributed by atoms with van der Waals surface area (Å²) in [6.45, 7) is 5.15. The lowest BCUT2D eigenvalue weighted by Crippen LogP contribution is -2.48. The second-order valence-corrected chi connectivity index (χ2v) is 8.54. The van der Waals surface area contributed by atoms with Crippen molar-refractivity contribution in [1.82, 2.24) is 24.8 Å². The highest BCUT2D eigenvalue weighted by Gasteiger charge is 2.29. The van der Waals surface area contributed by atoms with Crippen LogP contribution in [-0.2, 0) is 22.7 Å². The van der Waals surface area contributed by atoms with Crippen LogP contribution in [0.25, 0.3) is 0 Å². The van der Waals surface area contributed by atoms with Crippen molar-refractivity contribution in [3.63, 3.8) is 0 Å². The zero-order chi connectivity index (χ0) is 23.8. The quantitative estimate of drug-likeness (QED) is 0.727. The van der Waals surface area contributed by atoms with E-state index in [0.29, 0.717) is 37.4 Å². The Morgan fingerprint density at radius 2 is 2.12 bits per heavy atom. The zero-order valence-corrected chi connectivity index (χ0v) is 19.5. The van der Waals surface area contributed by atoms with Gasteiger partial charge in [-0.1, -0.05) is 30.3 Å². The smallest absolute Gasteiger partial charge is 0.410 e. The molecule has 0 saturated heterocycles. The Kier molecular flexibility index (Phi) is 8.79. The third kappa shape index (κ3) is 7.00. The molecular weight excluding hydrogens is 426 g/mol. The number of aromatic nitrogens is 3. The number of carbonyl (C=O) groups excluding carboxylic acids is 2. The van der Waals surface area contributed by atoms with Crippen LogP contribution in [0.15, 0.2) is 36.5 Å². The number of hydrogen-bond acceptors (Lipinski definition) is 7. The van der Waals surface area contributed by atoms with Crippen molar-refractivity contribution in [2.24, 2.45) is 5.92 Å². The maximum atomic E-state index is 12.9. The minimum Gasteiger partial charge on any atom is -0.410 e. The molecular formula is C23H33N5O5. The Bertz CT molecular complexity index is 906. The summed E-state index contributed by atoms with van der Waals surface area (Å²) < 4.78 is 13.3. The molecule has 1 aliphatic rings. The maximum Gasteiger partial charge on any atom is 0.415 e. The van der Waals surface area contributed by atoms with Crippen LogP contribution < -0.4 is 4.74 Å². The van der Waals surface area contributed by atoms with Crippen LogP contribution in [0.5, 0.6) is 5.75 Å². The van der Waals surface area contributed by atoms with Gasteiger partial charge in [0.2, 0.25) is 5.91 Å². The number of aliphatic hydroxyl groups is 1. The van der Waals surface area contributed by atoms with Gasteiger partial charge in [0.1, 0.15) is 11.4 Å². The van der Waals surface area contributed by atoms with Gasteiger partial charge in [-0.2, -0.15) is 0 Å². The van der Waals surface area contributed by atoms with Crippen molar-refractivity contribution >= 4 is 12.0 Å². The summed E-state index contributed by atoms with van der Waals surface area (Å²) in [7, 11) is 1.65. The highest BCUT2D eigenvalue weighted by Crippen LogP contribution is 2.18. The van der Waals surface area contributed by atoms with Crippen molar-refractivity contribution in [3.8, 4) is 5.75 Å². The molecule has 0 saturated carbocycles. The van der Waals surface area contributed by atoms with Crippen LogP contribution in [0.3, 0.4) is 0 Å². The minimum absolute atomic E-state index is 0.0291. The SMILES string of the molecule is C[C@@H]1CN([C@H](C)CO)C(=O)CCCn2cc(nn2)CO[C@@H]1CN(C)C(=O)Oc1ccccc1. The number of rotatable bonds is 5. The zero-order valence-electron chi connectivity index (χ0n) is 19.5. The van der Waals surface area contributed by atoms with Crippen molar-refractivity contribution < 1.29 is 24.2 Å². The second-order valence-electron chi connectivity index (χ2n) is 8.54. The largest absolute Gasteiger partial charge is 0.415 e. The molecule has 2 amide bonds. The maximum absolute atomic E-state index is 12.9. The Labute approximate surface area is 194 Å². The van der Waals surface area contributed by atoms with E-state index in [1.165, 1.54) is 4.90 Å². The van der Waals surface area contributed by atoms with Crippen molar-refractivity contribution in [3.05, 3.63) is 42.2 Å². The van der Waals surface area contributed by atoms with Gasteiger partial charge in [0.05, 0.1) is 38.1 Å². The lowest BCUT2D eigenvalue weighted by atomic mass is 10.0. The lowest BCUT2D eigenvalue weighted by molar-refractivity contribution is -0.136. The lowest BCUT2D eigenvalue weighted by Gasteiger charge is -2.35. The summed E-state index contributed by atoms with van der Waals surface area (Å²) in [6, 6.07) is 8.55. The molecule has 3 rings (SSSR count). The van der Waals surface area contributed by atoms with Gasteiger partial charge in [0, 0.05) is 32.5 Å². The van der Waals surface area contributed by atoms with Crippen LogP contribution in [0.2, 0.25) is 0 Å². The summed E-state index contributed by atoms with van der Waals surface area (Å²) in [5.74, 6) is 0.313. The van der Waals surface area contributed by atoms with E-state index >= 15 is 0 Å². The second kappa shape index (κ2) is 11.8. The Hall–Kier alpha value is -2.98. The third-order valence-electron chi connectivity index (χ3n) is 5.76. The summed E-state index contributed by atoms with van der Waals surface area (Å²) >= 11 is 0. The van der Waals surface area contributed by atoms with E-state index in [0.717, 1.165) is 0 Å². The molecule has 180 valence electrons. The van der Waals surface area contributed by atoms with Gasteiger partial charge in [-0.3, -0.25) is 9.48 Å². The first-order valence-corrected chi connectivity index (χ1v) is 11.3. The average molecular weight is 460 g/mol. The first-order valence-electron chi connectivity index (χ1n) is 11.3. The van der Waals surface area contributed by atoms with Gasteiger partial charge in [-0.25, -0.2) is 4.79 Å². The number of aliphatic hydroxyl groups excluding tert-OH is 1. The molecule has 0 fully saturated rings. The molecule has 2 bridgehead atoms. The Balaban J connectivity index is 1.75. The molecule has 2 aromatic rings. The number of aryl methyl sites for hydroxylation is 1. The molecule has 10 heteroatoms. The predicted molar refractivity (Wildman–Crippen MR) is 120 cm³/mol. The number of nitrogens with zero attached hydrogens (tertiary/aromatic N) is 5. The normalized spacial score (nSPS) is 20.8. The van der Waals surface area contributed by atoms with Gasteiger partial charge in [0.15, 0.2) is 0 Å². The average Bonchev–Trinajstić information content (AvgIpc) is 3.27. The number of hydrogen-bond donors (Lipinski definition) is 1. The first kappa shape index (κ1) is 24.7. The molecule has 0 unspecified atom stereocenters. The number of benzene rings is 1. The fourth-order valence-electron chi connectivity index (χ4n) is 3.70. The summed E-state index contributed by atoms with van der Waals surface area (Å²) in [6.07, 6.45) is 1.89. The van der Waals surface area contributed by atoms with E-state index in [4.69, 9.17) is 9.47 Å². The third-order valence-corrected chi connectivity index (χ3v) is 5.76. The number of carbonyl (C=O) groups is 2. The molecule has 2 heterocycles. The Morgan fingerprint density at radius 3 is 2.85 bits per heavy atom. The molecule has 33 heavy (non-hydrogen) atoms. The van der Waals surface area contributed by atoms with Crippen molar-refractivity contribution in [1.29, 1.82) is 0 Å². The van der Waals surface area contributed by atoms with Gasteiger partial charge >= 0.3 is 6.09 Å². The van der Waals surface area contributed by atoms with Gasteiger partial charge in [-0.15, -0.1) is 5.10 Å². The van der Waals surface area contributed by atoms with Crippen LogP contribution in [-0.4, -0.2) is 80.8 Å². The molecule has 10 nitrogen and oxygen atoms in total. The van der Waals surface area contributed by atoms with Crippen molar-refractivity contribution in [2.75, 3.05) is 26.7 Å². The summed E-state index contributed by atoms with van der Waals surface area (Å²) in [4.78, 5) is 28.7. The van der Waals surface area contributed by atoms with E-state index in [2.05, 4.69) is 10.3 Å². The number of fused-ring (bicyclic) bond motifs is 2. The van der Waals surface area contributed by atoms with E-state index < -0.39 is 12.2 Å². The van der Waals surface area contributed by atoms with Gasteiger partial charge in [-0.05, 0) is 25.5 Å². The van der Waals surface area contributed by atoms with E-state index in [9.17, 15) is 14.7 Å². The fourth-order valence-corrected chi connectivity index (χ4v) is 3.70. The van der Waals surface area contributed by atoms with Gasteiger partial charge < -0.3 is 24.4 Å². The van der Waals surface area contributed by atoms with E-state index in [1.807, 2.05) is 26.1 Å². The van der Waals surface area contributed by atoms with E-state index in [1.54, 1.807) is 40.9 Å². The van der Waals surface area contributed by atoms with Crippen LogP contribution in [0, 0.1) is 5.92 Å². The van der Waals surface area contributed by atoms with E-state index in [-0.39, 0.29) is 37.6 Å². The molecule has 0 spiro atoms. The number of para-hydroxylation sites is 1. The number of likely N-dealkylation sites (N-methyl/N-ethyl adjacent to an activating group) is 1. The highest BCUT2D eigenvalue weighted by atomic mass is 16.6. The molecule has 3 atom stereocenters. The predicted octanol–water partition coefficient (Wildman–Crippen LogP) is 1.93. The molecule has 1 N–H and O–H groups in total. The number of amides is 2. The summed E-state index contributed by atoms with van der Waals surface area (Å²) in [5.41, 5.74) is 0.688. The van der Waals surface area contributed by atoms with Crippen LogP contribution in [0.1, 0.15) is 32.4 Å². The topological polar surface area (TPSA) is 110 Å². The molecule has 0 aliphatic carbocycles. The minimum atomic E-state index is -0.498. The van der Waals surface area contributed by atoms with Crippen LogP contribution >= 0.6 is 0 Å². The number of ether oxygens (including phenoxy) is 2. The standard InChI is InChI=1S/C23H33N5O5/c1-17-12-28(18(2)15-29)22(30)10-7-11-27-13-19(24-25-27)16-32-21(17)14-26(3)23(31)33-20-8-5-4-6-9-20/h4-6,8-9,13,17-18,21,29H,7,10-12,14-16H2,1-3H3/t17-,18-,21-/m1/s1. The monoisotopic (exact) mass is 459 g/mol. The van der Waals surface area contributed by atoms with Crippen LogP contribution in [0.4, 0.5) is 4.79 Å². The molecule has 1 aromatic carbocycles. The molecule has 0 radical (unpaired) electrons.